The van der Waals surface area contributed by atoms with Crippen LogP contribution in [0.3, 0.4) is 0 Å². The van der Waals surface area contributed by atoms with Gasteiger partial charge in [0.05, 0.1) is 12.1 Å². The van der Waals surface area contributed by atoms with Crippen molar-refractivity contribution in [2.24, 2.45) is 4.99 Å². The molecule has 3 aromatic carbocycles. The predicted octanol–water partition coefficient (Wildman–Crippen LogP) is 5.75. The Bertz CT molecular complexity index is 1320. The van der Waals surface area contributed by atoms with E-state index >= 15 is 0 Å². The van der Waals surface area contributed by atoms with Crippen LogP contribution in [0, 0.1) is 13.8 Å². The Kier molecular flexibility index (Phi) is 5.42. The van der Waals surface area contributed by atoms with Crippen LogP contribution in [0.5, 0.6) is 11.5 Å². The van der Waals surface area contributed by atoms with E-state index in [1.54, 1.807) is 6.33 Å². The molecule has 32 heavy (non-hydrogen) atoms. The summed E-state index contributed by atoms with van der Waals surface area (Å²) >= 11 is 0. The van der Waals surface area contributed by atoms with Gasteiger partial charge in [0.1, 0.15) is 30.3 Å². The number of rotatable bonds is 6. The minimum absolute atomic E-state index is 0.668. The lowest BCUT2D eigenvalue weighted by Gasteiger charge is -2.14. The van der Waals surface area contributed by atoms with Gasteiger partial charge in [-0.1, -0.05) is 24.3 Å². The Morgan fingerprint density at radius 3 is 2.62 bits per heavy atom. The maximum absolute atomic E-state index is 6.12. The lowest BCUT2D eigenvalue weighted by Crippen LogP contribution is -2.04. The first-order valence-electron chi connectivity index (χ1n) is 10.7. The third kappa shape index (κ3) is 4.25. The largest absolute Gasteiger partial charge is 0.479 e. The maximum atomic E-state index is 6.12. The van der Waals surface area contributed by atoms with E-state index in [1.807, 2.05) is 56.3 Å². The molecular weight excluding hydrogens is 400 g/mol. The van der Waals surface area contributed by atoms with E-state index in [1.165, 1.54) is 0 Å². The highest BCUT2D eigenvalue weighted by atomic mass is 16.5. The van der Waals surface area contributed by atoms with Crippen LogP contribution in [0.4, 0.5) is 11.5 Å². The molecule has 1 aromatic heterocycles. The summed E-state index contributed by atoms with van der Waals surface area (Å²) in [5.74, 6) is 3.24. The molecule has 0 bridgehead atoms. The van der Waals surface area contributed by atoms with E-state index in [2.05, 4.69) is 38.5 Å². The molecule has 160 valence electrons. The SMILES string of the molecule is Cc1ccccc1Oc1ccc(Nc2ncnc3ccc(CC4=NCCO4)cc23)cc1C. The lowest BCUT2D eigenvalue weighted by molar-refractivity contribution is 0.341. The molecule has 0 fully saturated rings. The summed E-state index contributed by atoms with van der Waals surface area (Å²) in [5.41, 5.74) is 5.08. The van der Waals surface area contributed by atoms with Crippen molar-refractivity contribution in [2.45, 2.75) is 20.3 Å². The number of nitrogens with zero attached hydrogens (tertiary/aromatic N) is 3. The summed E-state index contributed by atoms with van der Waals surface area (Å²) in [4.78, 5) is 13.3. The molecular formula is C26H24N4O2. The Balaban J connectivity index is 1.40. The molecule has 2 heterocycles. The molecule has 0 atom stereocenters. The van der Waals surface area contributed by atoms with Crippen LogP contribution in [-0.4, -0.2) is 29.0 Å². The molecule has 0 radical (unpaired) electrons. The molecule has 0 spiro atoms. The quantitative estimate of drug-likeness (QED) is 0.427. The number of hydrogen-bond acceptors (Lipinski definition) is 6. The summed E-state index contributed by atoms with van der Waals surface area (Å²) in [5, 5.41) is 4.40. The summed E-state index contributed by atoms with van der Waals surface area (Å²) in [6.07, 6.45) is 2.26. The van der Waals surface area contributed by atoms with Gasteiger partial charge in [0, 0.05) is 17.5 Å². The van der Waals surface area contributed by atoms with E-state index in [9.17, 15) is 0 Å². The van der Waals surface area contributed by atoms with Gasteiger partial charge < -0.3 is 14.8 Å². The number of anilines is 2. The van der Waals surface area contributed by atoms with Gasteiger partial charge in [0.15, 0.2) is 5.90 Å². The van der Waals surface area contributed by atoms with Gasteiger partial charge in [0.25, 0.3) is 0 Å². The summed E-state index contributed by atoms with van der Waals surface area (Å²) < 4.78 is 11.7. The minimum Gasteiger partial charge on any atom is -0.479 e. The van der Waals surface area contributed by atoms with Gasteiger partial charge in [0.2, 0.25) is 0 Å². The normalized spacial score (nSPS) is 13.0. The number of aliphatic imine (C=N–C) groups is 1. The van der Waals surface area contributed by atoms with Crippen LogP contribution in [0.1, 0.15) is 16.7 Å². The van der Waals surface area contributed by atoms with Gasteiger partial charge in [-0.25, -0.2) is 9.97 Å². The maximum Gasteiger partial charge on any atom is 0.187 e. The molecule has 5 rings (SSSR count). The summed E-state index contributed by atoms with van der Waals surface area (Å²) in [7, 11) is 0. The van der Waals surface area contributed by atoms with E-state index in [0.29, 0.717) is 13.0 Å². The Labute approximate surface area is 187 Å². The van der Waals surface area contributed by atoms with Crippen molar-refractivity contribution in [1.82, 2.24) is 9.97 Å². The highest BCUT2D eigenvalue weighted by Crippen LogP contribution is 2.31. The number of aryl methyl sites for hydroxylation is 2. The first-order chi connectivity index (χ1) is 15.7. The Hall–Kier alpha value is -3.93. The van der Waals surface area contributed by atoms with Gasteiger partial charge in [-0.2, -0.15) is 0 Å². The zero-order chi connectivity index (χ0) is 21.9. The average Bonchev–Trinajstić information content (AvgIpc) is 3.30. The number of benzene rings is 3. The van der Waals surface area contributed by atoms with E-state index < -0.39 is 0 Å². The molecule has 0 saturated carbocycles. The highest BCUT2D eigenvalue weighted by molar-refractivity contribution is 5.92. The average molecular weight is 425 g/mol. The van der Waals surface area contributed by atoms with E-state index in [4.69, 9.17) is 9.47 Å². The second kappa shape index (κ2) is 8.67. The number of fused-ring (bicyclic) bond motifs is 1. The second-order valence-corrected chi connectivity index (χ2v) is 7.85. The number of para-hydroxylation sites is 1. The van der Waals surface area contributed by atoms with E-state index in [0.717, 1.165) is 63.0 Å². The van der Waals surface area contributed by atoms with Gasteiger partial charge >= 0.3 is 0 Å². The van der Waals surface area contributed by atoms with Gasteiger partial charge in [-0.3, -0.25) is 4.99 Å². The van der Waals surface area contributed by atoms with Crippen molar-refractivity contribution in [3.63, 3.8) is 0 Å². The van der Waals surface area contributed by atoms with Crippen LogP contribution < -0.4 is 10.1 Å². The highest BCUT2D eigenvalue weighted by Gasteiger charge is 2.11. The van der Waals surface area contributed by atoms with Gasteiger partial charge in [-0.05, 0) is 66.9 Å². The monoisotopic (exact) mass is 424 g/mol. The van der Waals surface area contributed by atoms with Crippen LogP contribution in [0.2, 0.25) is 0 Å². The molecule has 0 amide bonds. The molecule has 6 nitrogen and oxygen atoms in total. The molecule has 1 aliphatic heterocycles. The zero-order valence-electron chi connectivity index (χ0n) is 18.1. The first-order valence-corrected chi connectivity index (χ1v) is 10.7. The molecule has 4 aromatic rings. The fourth-order valence-corrected chi connectivity index (χ4v) is 3.74. The summed E-state index contributed by atoms with van der Waals surface area (Å²) in [6, 6.07) is 20.2. The predicted molar refractivity (Wildman–Crippen MR) is 127 cm³/mol. The van der Waals surface area contributed by atoms with Crippen molar-refractivity contribution in [3.05, 3.63) is 83.7 Å². The third-order valence-corrected chi connectivity index (χ3v) is 5.45. The minimum atomic E-state index is 0.668. The molecule has 0 aliphatic carbocycles. The molecule has 0 saturated heterocycles. The fraction of sp³-hybridized carbons (Fsp3) is 0.192. The Morgan fingerprint density at radius 2 is 1.81 bits per heavy atom. The number of ether oxygens (including phenoxy) is 2. The summed E-state index contributed by atoms with van der Waals surface area (Å²) in [6.45, 7) is 5.49. The van der Waals surface area contributed by atoms with E-state index in [-0.39, 0.29) is 0 Å². The molecule has 1 N–H and O–H groups in total. The topological polar surface area (TPSA) is 68.6 Å². The number of hydrogen-bond donors (Lipinski definition) is 1. The molecule has 1 aliphatic rings. The van der Waals surface area contributed by atoms with Gasteiger partial charge in [-0.15, -0.1) is 0 Å². The second-order valence-electron chi connectivity index (χ2n) is 7.85. The Morgan fingerprint density at radius 1 is 0.938 bits per heavy atom. The zero-order valence-corrected chi connectivity index (χ0v) is 18.1. The number of nitrogens with one attached hydrogen (secondary N) is 1. The third-order valence-electron chi connectivity index (χ3n) is 5.45. The van der Waals surface area contributed by atoms with Crippen molar-refractivity contribution in [3.8, 4) is 11.5 Å². The first kappa shape index (κ1) is 20.0. The standard InChI is InChI=1S/C26H24N4O2/c1-17-5-3-4-6-23(17)32-24-10-8-20(13-18(24)2)30-26-21-14-19(15-25-27-11-12-31-25)7-9-22(21)28-16-29-26/h3-10,13-14,16H,11-12,15H2,1-2H3,(H,28,29,30). The van der Waals surface area contributed by atoms with Crippen molar-refractivity contribution in [1.29, 1.82) is 0 Å². The van der Waals surface area contributed by atoms with Crippen LogP contribution in [0.15, 0.2) is 72.0 Å². The van der Waals surface area contributed by atoms with Crippen molar-refractivity contribution < 1.29 is 9.47 Å². The van der Waals surface area contributed by atoms with Crippen LogP contribution >= 0.6 is 0 Å². The molecule has 6 heteroatoms. The van der Waals surface area contributed by atoms with Crippen molar-refractivity contribution in [2.75, 3.05) is 18.5 Å². The fourth-order valence-electron chi connectivity index (χ4n) is 3.74. The van der Waals surface area contributed by atoms with Crippen LogP contribution in [0.25, 0.3) is 10.9 Å². The molecule has 0 unspecified atom stereocenters. The van der Waals surface area contributed by atoms with Crippen LogP contribution in [-0.2, 0) is 11.2 Å². The smallest absolute Gasteiger partial charge is 0.187 e. The number of aromatic nitrogens is 2. The lowest BCUT2D eigenvalue weighted by atomic mass is 10.1. The van der Waals surface area contributed by atoms with Crippen molar-refractivity contribution >= 4 is 28.3 Å².